The predicted molar refractivity (Wildman–Crippen MR) is 153 cm³/mol. The number of fused-ring (bicyclic) bond motifs is 5. The highest BCUT2D eigenvalue weighted by molar-refractivity contribution is 5.81. The molecule has 3 aliphatic carbocycles. The van der Waals surface area contributed by atoms with Crippen LogP contribution in [0.1, 0.15) is 82.4 Å². The summed E-state index contributed by atoms with van der Waals surface area (Å²) in [6.45, 7) is 4.89. The molecule has 1 heterocycles. The van der Waals surface area contributed by atoms with Crippen LogP contribution in [0.3, 0.4) is 0 Å². The lowest BCUT2D eigenvalue weighted by atomic mass is 9.47. The van der Waals surface area contributed by atoms with Gasteiger partial charge in [0.05, 0.1) is 13.2 Å². The summed E-state index contributed by atoms with van der Waals surface area (Å²) < 4.78 is 5.38. The number of nitrogens with zero attached hydrogens (tertiary/aromatic N) is 1. The van der Waals surface area contributed by atoms with Crippen LogP contribution in [0.2, 0.25) is 0 Å². The van der Waals surface area contributed by atoms with E-state index in [9.17, 15) is 9.59 Å². The lowest BCUT2D eigenvalue weighted by Gasteiger charge is -2.61. The zero-order chi connectivity index (χ0) is 27.4. The highest BCUT2D eigenvalue weighted by Gasteiger charge is 2.62. The van der Waals surface area contributed by atoms with E-state index in [1.807, 2.05) is 37.4 Å². The van der Waals surface area contributed by atoms with Crippen molar-refractivity contribution in [3.63, 3.8) is 0 Å². The first kappa shape index (κ1) is 26.4. The first-order valence-corrected chi connectivity index (χ1v) is 15.0. The van der Waals surface area contributed by atoms with E-state index in [0.29, 0.717) is 36.1 Å². The maximum absolute atomic E-state index is 14.1. The molecule has 0 aromatic heterocycles. The zero-order valence-electron chi connectivity index (χ0n) is 24.0. The van der Waals surface area contributed by atoms with E-state index in [4.69, 9.17) is 4.74 Å². The van der Waals surface area contributed by atoms with Crippen molar-refractivity contribution in [3.8, 4) is 5.75 Å². The molecular weight excluding hydrogens is 484 g/mol. The fourth-order valence-electron chi connectivity index (χ4n) is 9.63. The number of likely N-dealkylation sites (tertiary alicyclic amines) is 1. The molecule has 6 rings (SSSR count). The average Bonchev–Trinajstić information content (AvgIpc) is 3.32. The van der Waals surface area contributed by atoms with Crippen LogP contribution in [0.4, 0.5) is 0 Å². The number of piperidine rings is 1. The van der Waals surface area contributed by atoms with Gasteiger partial charge in [-0.05, 0) is 96.8 Å². The molecular formula is C34H44N2O3. The van der Waals surface area contributed by atoms with Gasteiger partial charge in [0, 0.05) is 25.4 Å². The molecule has 3 saturated carbocycles. The highest BCUT2D eigenvalue weighted by atomic mass is 16.5. The number of nitrogens with one attached hydrogen (secondary N) is 1. The Kier molecular flexibility index (Phi) is 6.76. The second-order valence-electron chi connectivity index (χ2n) is 13.3. The number of hydrogen-bond donors (Lipinski definition) is 1. The van der Waals surface area contributed by atoms with Crippen molar-refractivity contribution in [1.29, 1.82) is 0 Å². The molecule has 39 heavy (non-hydrogen) atoms. The molecule has 0 radical (unpaired) electrons. The quantitative estimate of drug-likeness (QED) is 0.490. The summed E-state index contributed by atoms with van der Waals surface area (Å²) in [6, 6.07) is 18.6. The fourth-order valence-corrected chi connectivity index (χ4v) is 9.63. The van der Waals surface area contributed by atoms with E-state index in [1.54, 1.807) is 7.11 Å². The van der Waals surface area contributed by atoms with Crippen LogP contribution in [0.15, 0.2) is 54.6 Å². The number of hydrogen-bond acceptors (Lipinski definition) is 3. The largest absolute Gasteiger partial charge is 0.497 e. The number of carbonyl (C=O) groups is 2. The topological polar surface area (TPSA) is 58.6 Å². The van der Waals surface area contributed by atoms with Crippen molar-refractivity contribution in [1.82, 2.24) is 10.2 Å². The van der Waals surface area contributed by atoms with E-state index in [0.717, 1.165) is 49.0 Å². The smallest absolute Gasteiger partial charge is 0.224 e. The summed E-state index contributed by atoms with van der Waals surface area (Å²) in [5.74, 6) is 3.28. The van der Waals surface area contributed by atoms with Gasteiger partial charge >= 0.3 is 0 Å². The molecule has 208 valence electrons. The minimum atomic E-state index is -0.187. The Morgan fingerprint density at radius 3 is 2.31 bits per heavy atom. The molecule has 1 aliphatic heterocycles. The van der Waals surface area contributed by atoms with E-state index in [-0.39, 0.29) is 28.7 Å². The summed E-state index contributed by atoms with van der Waals surface area (Å²) >= 11 is 0. The Morgan fingerprint density at radius 1 is 0.897 bits per heavy atom. The number of amides is 2. The van der Waals surface area contributed by atoms with Gasteiger partial charge in [0.2, 0.25) is 11.8 Å². The molecule has 1 N–H and O–H groups in total. The van der Waals surface area contributed by atoms with Crippen LogP contribution >= 0.6 is 0 Å². The summed E-state index contributed by atoms with van der Waals surface area (Å²) in [5.41, 5.74) is 2.41. The van der Waals surface area contributed by atoms with E-state index >= 15 is 0 Å². The Morgan fingerprint density at radius 2 is 1.59 bits per heavy atom. The molecule has 5 heteroatoms. The van der Waals surface area contributed by atoms with Crippen molar-refractivity contribution in [2.75, 3.05) is 14.2 Å². The molecule has 0 bridgehead atoms. The minimum Gasteiger partial charge on any atom is -0.497 e. The van der Waals surface area contributed by atoms with E-state index in [1.165, 1.54) is 12.8 Å². The van der Waals surface area contributed by atoms with Crippen LogP contribution < -0.4 is 10.1 Å². The zero-order valence-corrected chi connectivity index (χ0v) is 24.0. The van der Waals surface area contributed by atoms with Gasteiger partial charge in [-0.25, -0.2) is 0 Å². The second-order valence-corrected chi connectivity index (χ2v) is 13.3. The highest BCUT2D eigenvalue weighted by Crippen LogP contribution is 2.66. The molecule has 0 spiro atoms. The molecule has 4 fully saturated rings. The summed E-state index contributed by atoms with van der Waals surface area (Å²) in [6.07, 6.45) is 8.41. The van der Waals surface area contributed by atoms with Crippen LogP contribution in [-0.4, -0.2) is 36.9 Å². The minimum absolute atomic E-state index is 0.0337. The Hall–Kier alpha value is -2.82. The van der Waals surface area contributed by atoms with Gasteiger partial charge in [0.1, 0.15) is 5.75 Å². The van der Waals surface area contributed by atoms with Crippen LogP contribution in [0, 0.1) is 34.5 Å². The molecule has 2 aromatic rings. The molecule has 8 atom stereocenters. The average molecular weight is 529 g/mol. The molecule has 5 nitrogen and oxygen atoms in total. The van der Waals surface area contributed by atoms with Crippen LogP contribution in [-0.2, 0) is 9.59 Å². The van der Waals surface area contributed by atoms with Crippen molar-refractivity contribution < 1.29 is 14.3 Å². The summed E-state index contributed by atoms with van der Waals surface area (Å²) in [5, 5.41) is 3.50. The van der Waals surface area contributed by atoms with Crippen LogP contribution in [0.25, 0.3) is 0 Å². The number of ether oxygens (including phenoxy) is 1. The Labute approximate surface area is 233 Å². The Bertz CT molecular complexity index is 1210. The van der Waals surface area contributed by atoms with Crippen LogP contribution in [0.5, 0.6) is 5.75 Å². The maximum atomic E-state index is 14.1. The summed E-state index contributed by atoms with van der Waals surface area (Å²) in [4.78, 5) is 28.7. The fraction of sp³-hybridized carbons (Fsp3) is 0.588. The maximum Gasteiger partial charge on any atom is 0.224 e. The normalized spacial score (nSPS) is 36.4. The molecule has 1 unspecified atom stereocenters. The molecule has 1 saturated heterocycles. The first-order valence-electron chi connectivity index (χ1n) is 15.0. The number of carbonyl (C=O) groups excluding carboxylic acids is 2. The third kappa shape index (κ3) is 4.28. The lowest BCUT2D eigenvalue weighted by Crippen LogP contribution is -2.61. The van der Waals surface area contributed by atoms with Crippen molar-refractivity contribution >= 4 is 11.8 Å². The van der Waals surface area contributed by atoms with Crippen molar-refractivity contribution in [3.05, 3.63) is 65.7 Å². The molecule has 2 aromatic carbocycles. The van der Waals surface area contributed by atoms with E-state index < -0.39 is 0 Å². The number of benzene rings is 2. The number of rotatable bonds is 5. The van der Waals surface area contributed by atoms with E-state index in [2.05, 4.69) is 48.3 Å². The second kappa shape index (κ2) is 9.98. The molecule has 4 aliphatic rings. The van der Waals surface area contributed by atoms with Gasteiger partial charge < -0.3 is 15.0 Å². The third-order valence-electron chi connectivity index (χ3n) is 11.7. The monoisotopic (exact) mass is 528 g/mol. The Balaban J connectivity index is 1.23. The van der Waals surface area contributed by atoms with Gasteiger partial charge in [-0.1, -0.05) is 56.3 Å². The SMILES string of the molecule is COc1ccc(C(NC(=O)[C@H]2CC[C@H]3[C@@H]4CC[C@H]5N(C)C(=O)CC[C@]5(C)[C@H]4CC[C@]23C)c2ccccc2)cc1. The van der Waals surface area contributed by atoms with Crippen molar-refractivity contribution in [2.45, 2.75) is 77.3 Å². The lowest BCUT2D eigenvalue weighted by molar-refractivity contribution is -0.159. The summed E-state index contributed by atoms with van der Waals surface area (Å²) in [7, 11) is 3.70. The van der Waals surface area contributed by atoms with Gasteiger partial charge in [-0.2, -0.15) is 0 Å². The van der Waals surface area contributed by atoms with Gasteiger partial charge in [0.15, 0.2) is 0 Å². The van der Waals surface area contributed by atoms with Crippen molar-refractivity contribution in [2.24, 2.45) is 34.5 Å². The van der Waals surface area contributed by atoms with Gasteiger partial charge in [0.25, 0.3) is 0 Å². The standard InChI is InChI=1S/C34H44N2O3/c1-33-20-18-27-25(14-17-29-34(27,2)21-19-30(37)36(29)3)26(33)15-16-28(33)32(38)35-31(22-8-6-5-7-9-22)23-10-12-24(39-4)13-11-23/h5-13,25-29,31H,14-21H2,1-4H3,(H,35,38)/t25-,26-,27-,28+,29+,31?,33-,34+/m0/s1. The molecule has 2 amide bonds. The first-order chi connectivity index (χ1) is 18.8. The van der Waals surface area contributed by atoms with Gasteiger partial charge in [-0.3, -0.25) is 9.59 Å². The third-order valence-corrected chi connectivity index (χ3v) is 11.7. The number of methoxy groups -OCH3 is 1. The predicted octanol–water partition coefficient (Wildman–Crippen LogP) is 6.38. The van der Waals surface area contributed by atoms with Gasteiger partial charge in [-0.15, -0.1) is 0 Å².